The number of aliphatic carboxylic acids is 1. The molecule has 2 N–H and O–H groups in total. The predicted molar refractivity (Wildman–Crippen MR) is 74.0 cm³/mol. The molecule has 0 aromatic carbocycles. The Hall–Kier alpha value is -1.26. The number of hydrogen-bond donors (Lipinski definition) is 2. The molecule has 0 bridgehead atoms. The maximum absolute atomic E-state index is 11.9. The van der Waals surface area contributed by atoms with E-state index < -0.39 is 11.4 Å². The van der Waals surface area contributed by atoms with E-state index in [2.05, 4.69) is 19.2 Å². The van der Waals surface area contributed by atoms with Crippen molar-refractivity contribution in [1.82, 2.24) is 10.2 Å². The molecule has 5 heteroatoms. The molecule has 19 heavy (non-hydrogen) atoms. The predicted octanol–water partition coefficient (Wildman–Crippen LogP) is 2.32. The van der Waals surface area contributed by atoms with Gasteiger partial charge in [-0.1, -0.05) is 13.8 Å². The number of amides is 2. The standard InChI is InChI=1S/C14H26N2O3/c1-11(2)5-4-8-15-13(19)16-9-6-14(3,7-10-16)12(17)18/h11H,4-10H2,1-3H3,(H,15,19)(H,17,18). The third kappa shape index (κ3) is 4.73. The molecule has 1 aliphatic heterocycles. The Bertz CT molecular complexity index is 321. The lowest BCUT2D eigenvalue weighted by molar-refractivity contribution is -0.150. The second kappa shape index (κ2) is 6.78. The number of hydrogen-bond acceptors (Lipinski definition) is 2. The molecule has 0 saturated carbocycles. The summed E-state index contributed by atoms with van der Waals surface area (Å²) in [5.41, 5.74) is -0.672. The second-order valence-electron chi connectivity index (χ2n) is 6.12. The lowest BCUT2D eigenvalue weighted by Gasteiger charge is -2.36. The monoisotopic (exact) mass is 270 g/mol. The molecule has 1 aliphatic rings. The highest BCUT2D eigenvalue weighted by atomic mass is 16.4. The van der Waals surface area contributed by atoms with Crippen molar-refractivity contribution in [3.05, 3.63) is 0 Å². The highest BCUT2D eigenvalue weighted by molar-refractivity contribution is 5.76. The zero-order valence-electron chi connectivity index (χ0n) is 12.2. The van der Waals surface area contributed by atoms with Crippen molar-refractivity contribution in [3.8, 4) is 0 Å². The van der Waals surface area contributed by atoms with Crippen LogP contribution in [0.4, 0.5) is 4.79 Å². The Morgan fingerprint density at radius 1 is 1.32 bits per heavy atom. The van der Waals surface area contributed by atoms with Crippen LogP contribution in [0.3, 0.4) is 0 Å². The molecule has 1 heterocycles. The van der Waals surface area contributed by atoms with Crippen LogP contribution in [0.5, 0.6) is 0 Å². The van der Waals surface area contributed by atoms with Crippen LogP contribution in [0.1, 0.15) is 46.5 Å². The lowest BCUT2D eigenvalue weighted by Crippen LogP contribution is -2.48. The molecule has 0 unspecified atom stereocenters. The molecule has 0 spiro atoms. The molecular formula is C14H26N2O3. The highest BCUT2D eigenvalue weighted by Crippen LogP contribution is 2.30. The third-order valence-electron chi connectivity index (χ3n) is 3.91. The average molecular weight is 270 g/mol. The Morgan fingerprint density at radius 3 is 2.37 bits per heavy atom. The molecule has 0 aromatic rings. The SMILES string of the molecule is CC(C)CCCNC(=O)N1CCC(C)(C(=O)O)CC1. The van der Waals surface area contributed by atoms with Gasteiger partial charge in [0.1, 0.15) is 0 Å². The number of carboxylic acids is 1. The fourth-order valence-corrected chi connectivity index (χ4v) is 2.23. The van der Waals surface area contributed by atoms with Crippen molar-refractivity contribution in [2.24, 2.45) is 11.3 Å². The number of carbonyl (C=O) groups excluding carboxylic acids is 1. The summed E-state index contributed by atoms with van der Waals surface area (Å²) in [5.74, 6) is -0.104. The molecule has 0 radical (unpaired) electrons. The summed E-state index contributed by atoms with van der Waals surface area (Å²) in [6.07, 6.45) is 3.16. The molecule has 0 aliphatic carbocycles. The zero-order valence-corrected chi connectivity index (χ0v) is 12.2. The lowest BCUT2D eigenvalue weighted by atomic mass is 9.80. The first-order chi connectivity index (χ1) is 8.85. The molecule has 1 fully saturated rings. The molecule has 5 nitrogen and oxygen atoms in total. The Labute approximate surface area is 115 Å². The topological polar surface area (TPSA) is 69.6 Å². The molecule has 1 saturated heterocycles. The van der Waals surface area contributed by atoms with E-state index in [0.717, 1.165) is 12.8 Å². The van der Waals surface area contributed by atoms with E-state index in [1.165, 1.54) is 0 Å². The number of nitrogens with zero attached hydrogens (tertiary/aromatic N) is 1. The van der Waals surface area contributed by atoms with Crippen LogP contribution in [-0.2, 0) is 4.79 Å². The summed E-state index contributed by atoms with van der Waals surface area (Å²) in [5, 5.41) is 12.0. The Morgan fingerprint density at radius 2 is 1.89 bits per heavy atom. The average Bonchev–Trinajstić information content (AvgIpc) is 2.35. The number of urea groups is 1. The second-order valence-corrected chi connectivity index (χ2v) is 6.12. The van der Waals surface area contributed by atoms with Crippen LogP contribution in [0.15, 0.2) is 0 Å². The van der Waals surface area contributed by atoms with Crippen molar-refractivity contribution < 1.29 is 14.7 Å². The number of nitrogens with one attached hydrogen (secondary N) is 1. The van der Waals surface area contributed by atoms with Gasteiger partial charge in [-0.15, -0.1) is 0 Å². The fraction of sp³-hybridized carbons (Fsp3) is 0.857. The van der Waals surface area contributed by atoms with Crippen molar-refractivity contribution in [3.63, 3.8) is 0 Å². The Balaban J connectivity index is 2.27. The number of rotatable bonds is 5. The normalized spacial score (nSPS) is 18.4. The van der Waals surface area contributed by atoms with Gasteiger partial charge in [-0.25, -0.2) is 4.79 Å². The van der Waals surface area contributed by atoms with Crippen LogP contribution >= 0.6 is 0 Å². The minimum Gasteiger partial charge on any atom is -0.481 e. The summed E-state index contributed by atoms with van der Waals surface area (Å²) < 4.78 is 0. The molecular weight excluding hydrogens is 244 g/mol. The molecule has 2 amide bonds. The van der Waals surface area contributed by atoms with E-state index in [-0.39, 0.29) is 6.03 Å². The van der Waals surface area contributed by atoms with Crippen molar-refractivity contribution in [2.75, 3.05) is 19.6 Å². The first-order valence-electron chi connectivity index (χ1n) is 7.11. The van der Waals surface area contributed by atoms with Gasteiger partial charge < -0.3 is 15.3 Å². The van der Waals surface area contributed by atoms with Gasteiger partial charge in [0.05, 0.1) is 5.41 Å². The van der Waals surface area contributed by atoms with E-state index in [1.54, 1.807) is 11.8 Å². The number of carboxylic acid groups (broad SMARTS) is 1. The number of piperidine rings is 1. The van der Waals surface area contributed by atoms with Crippen molar-refractivity contribution in [2.45, 2.75) is 46.5 Å². The minimum absolute atomic E-state index is 0.0591. The van der Waals surface area contributed by atoms with Gasteiger partial charge in [-0.2, -0.15) is 0 Å². The van der Waals surface area contributed by atoms with Gasteiger partial charge in [0.2, 0.25) is 0 Å². The Kier molecular flexibility index (Phi) is 5.63. The van der Waals surface area contributed by atoms with Crippen LogP contribution in [0.25, 0.3) is 0 Å². The zero-order chi connectivity index (χ0) is 14.5. The summed E-state index contributed by atoms with van der Waals surface area (Å²) in [6, 6.07) is -0.0591. The van der Waals surface area contributed by atoms with Crippen LogP contribution in [0, 0.1) is 11.3 Å². The summed E-state index contributed by atoms with van der Waals surface area (Å²) in [4.78, 5) is 24.7. The maximum atomic E-state index is 11.9. The first-order valence-corrected chi connectivity index (χ1v) is 7.11. The highest BCUT2D eigenvalue weighted by Gasteiger charge is 2.37. The van der Waals surface area contributed by atoms with Crippen LogP contribution in [0.2, 0.25) is 0 Å². The number of likely N-dealkylation sites (tertiary alicyclic amines) is 1. The van der Waals surface area contributed by atoms with Crippen molar-refractivity contribution >= 4 is 12.0 Å². The van der Waals surface area contributed by atoms with Gasteiger partial charge in [0.15, 0.2) is 0 Å². The smallest absolute Gasteiger partial charge is 0.317 e. The van der Waals surface area contributed by atoms with Gasteiger partial charge >= 0.3 is 12.0 Å². The van der Waals surface area contributed by atoms with Crippen LogP contribution in [-0.4, -0.2) is 41.6 Å². The number of carbonyl (C=O) groups is 2. The van der Waals surface area contributed by atoms with Gasteiger partial charge in [-0.3, -0.25) is 4.79 Å². The van der Waals surface area contributed by atoms with E-state index >= 15 is 0 Å². The largest absolute Gasteiger partial charge is 0.481 e. The van der Waals surface area contributed by atoms with Crippen LogP contribution < -0.4 is 5.32 Å². The minimum atomic E-state index is -0.760. The van der Waals surface area contributed by atoms with E-state index in [4.69, 9.17) is 5.11 Å². The van der Waals surface area contributed by atoms with E-state index in [9.17, 15) is 9.59 Å². The molecule has 0 aromatic heterocycles. The third-order valence-corrected chi connectivity index (χ3v) is 3.91. The summed E-state index contributed by atoms with van der Waals surface area (Å²) >= 11 is 0. The molecule has 110 valence electrons. The maximum Gasteiger partial charge on any atom is 0.317 e. The first kappa shape index (κ1) is 15.8. The van der Waals surface area contributed by atoms with Gasteiger partial charge in [0, 0.05) is 19.6 Å². The van der Waals surface area contributed by atoms with E-state index in [1.807, 2.05) is 0 Å². The van der Waals surface area contributed by atoms with E-state index in [0.29, 0.717) is 38.4 Å². The van der Waals surface area contributed by atoms with Gasteiger partial charge in [0.25, 0.3) is 0 Å². The summed E-state index contributed by atoms with van der Waals surface area (Å²) in [7, 11) is 0. The molecule has 1 rings (SSSR count). The quantitative estimate of drug-likeness (QED) is 0.753. The fourth-order valence-electron chi connectivity index (χ4n) is 2.23. The summed E-state index contributed by atoms with van der Waals surface area (Å²) in [6.45, 7) is 7.84. The molecule has 0 atom stereocenters. The van der Waals surface area contributed by atoms with Gasteiger partial charge in [-0.05, 0) is 38.5 Å². The van der Waals surface area contributed by atoms with Crippen molar-refractivity contribution in [1.29, 1.82) is 0 Å².